The Morgan fingerprint density at radius 2 is 0.686 bits per heavy atom. The number of hydrogen-bond acceptors (Lipinski definition) is 18. The molecule has 6 heterocycles. The van der Waals surface area contributed by atoms with Gasteiger partial charge < -0.3 is 42.8 Å². The van der Waals surface area contributed by atoms with Gasteiger partial charge in [-0.2, -0.15) is 15.0 Å². The van der Waals surface area contributed by atoms with Gasteiger partial charge in [-0.3, -0.25) is 14.4 Å². The third-order valence-electron chi connectivity index (χ3n) is 14.8. The molecule has 0 bridgehead atoms. The predicted octanol–water partition coefficient (Wildman–Crippen LogP) is 11.5. The zero-order valence-corrected chi connectivity index (χ0v) is 48.9. The van der Waals surface area contributed by atoms with Crippen LogP contribution in [0.3, 0.4) is 0 Å². The maximum atomic E-state index is 13.2. The Morgan fingerprint density at radius 3 is 0.977 bits per heavy atom. The second-order valence-corrected chi connectivity index (χ2v) is 20.7. The van der Waals surface area contributed by atoms with Crippen molar-refractivity contribution in [2.45, 2.75) is 72.0 Å². The number of nitrogens with zero attached hydrogens (tertiary/aromatic N) is 12. The smallest absolute Gasteiger partial charge is 0.254 e. The highest BCUT2D eigenvalue weighted by Gasteiger charge is 2.41. The molecule has 3 amide bonds. The van der Waals surface area contributed by atoms with Crippen molar-refractivity contribution in [2.24, 2.45) is 15.5 Å². The topological polar surface area (TPSA) is 242 Å². The molecule has 3 atom stereocenters. The number of oxime groups is 3. The number of likely N-dealkylation sites (tertiary alicyclic amines) is 3. The first-order chi connectivity index (χ1) is 41.8. The van der Waals surface area contributed by atoms with Crippen LogP contribution in [-0.2, 0) is 14.5 Å². The van der Waals surface area contributed by atoms with Crippen LogP contribution in [0.4, 0.5) is 0 Å². The minimum atomic E-state index is -0.353. The number of rotatable bonds is 12. The second-order valence-electron chi connectivity index (χ2n) is 20.7. The standard InChI is InChI=1S/2C22H22N4O3.C21H20N4O3/c2*1-14-6-4-5-7-19(14)16-8-10-17(11-9-16)22(27)26-13-18(25-28-3)12-20(26)21-23-15(2)24-29-21;1-14-22-20(28-23-14)19-12-18(24-27-2)13-25(19)21(26)17-10-8-16(9-11-17)15-6-4-3-5-7-15/h2*4-11,20H,12-13H2,1-3H3;3-11,19H,12-13H2,1-2H3/b25-18+;25-18-;/t2*20-;19-/m000/s1. The van der Waals surface area contributed by atoms with Crippen LogP contribution in [0, 0.1) is 34.6 Å². The molecular weight excluding hydrogens is 1090 g/mol. The molecule has 9 aromatic rings. The molecule has 0 saturated carbocycles. The van der Waals surface area contributed by atoms with Crippen molar-refractivity contribution in [3.63, 3.8) is 0 Å². The van der Waals surface area contributed by atoms with E-state index >= 15 is 0 Å². The van der Waals surface area contributed by atoms with Crippen molar-refractivity contribution in [1.82, 2.24) is 45.1 Å². The van der Waals surface area contributed by atoms with Crippen LogP contribution < -0.4 is 0 Å². The Balaban J connectivity index is 0.000000143. The Bertz CT molecular complexity index is 3740. The summed E-state index contributed by atoms with van der Waals surface area (Å²) in [7, 11) is 4.48. The summed E-state index contributed by atoms with van der Waals surface area (Å²) in [5, 5.41) is 23.6. The van der Waals surface area contributed by atoms with Crippen molar-refractivity contribution >= 4 is 34.9 Å². The molecule has 0 aliphatic carbocycles. The van der Waals surface area contributed by atoms with Crippen LogP contribution in [0.2, 0.25) is 0 Å². The molecule has 438 valence electrons. The van der Waals surface area contributed by atoms with Crippen molar-refractivity contribution in [1.29, 1.82) is 0 Å². The van der Waals surface area contributed by atoms with Crippen LogP contribution in [-0.4, -0.2) is 121 Å². The van der Waals surface area contributed by atoms with E-state index in [9.17, 15) is 14.4 Å². The lowest BCUT2D eigenvalue weighted by Gasteiger charge is -2.21. The Hall–Kier alpha value is -10.4. The van der Waals surface area contributed by atoms with E-state index in [1.165, 1.54) is 32.5 Å². The third-order valence-corrected chi connectivity index (χ3v) is 14.8. The van der Waals surface area contributed by atoms with Gasteiger partial charge in [-0.1, -0.05) is 146 Å². The van der Waals surface area contributed by atoms with Gasteiger partial charge in [0.2, 0.25) is 17.7 Å². The number of aryl methyl sites for hydroxylation is 5. The predicted molar refractivity (Wildman–Crippen MR) is 321 cm³/mol. The lowest BCUT2D eigenvalue weighted by atomic mass is 9.99. The minimum Gasteiger partial charge on any atom is -0.399 e. The average molecular weight is 1160 g/mol. The minimum absolute atomic E-state index is 0.108. The lowest BCUT2D eigenvalue weighted by molar-refractivity contribution is 0.0706. The van der Waals surface area contributed by atoms with E-state index in [1.807, 2.05) is 127 Å². The van der Waals surface area contributed by atoms with Gasteiger partial charge in [0.25, 0.3) is 17.7 Å². The Morgan fingerprint density at radius 1 is 0.395 bits per heavy atom. The van der Waals surface area contributed by atoms with E-state index in [-0.39, 0.29) is 35.8 Å². The number of carbonyl (C=O) groups is 3. The highest BCUT2D eigenvalue weighted by Crippen LogP contribution is 2.36. The number of carbonyl (C=O) groups excluding carboxylic acids is 3. The largest absolute Gasteiger partial charge is 0.399 e. The van der Waals surface area contributed by atoms with E-state index in [0.29, 0.717) is 90.7 Å². The number of amides is 3. The van der Waals surface area contributed by atoms with E-state index in [1.54, 1.807) is 35.5 Å². The molecule has 21 nitrogen and oxygen atoms in total. The molecule has 0 unspecified atom stereocenters. The molecule has 86 heavy (non-hydrogen) atoms. The first kappa shape index (κ1) is 58.7. The number of aromatic nitrogens is 6. The fraction of sp³-hybridized carbons (Fsp3) is 0.262. The highest BCUT2D eigenvalue weighted by atomic mass is 16.6. The summed E-state index contributed by atoms with van der Waals surface area (Å²) in [6.07, 6.45) is 1.51. The summed E-state index contributed by atoms with van der Waals surface area (Å²) in [5.41, 5.74) is 13.1. The van der Waals surface area contributed by atoms with E-state index in [4.69, 9.17) is 28.1 Å². The summed E-state index contributed by atoms with van der Waals surface area (Å²) in [6, 6.07) is 48.2. The Kier molecular flexibility index (Phi) is 18.3. The SMILES string of the molecule is CO/N=C1/C[C@@H](c2nc(C)no2)N(C(=O)c2ccc(-c3ccccc3C)cc2)C1.CO/N=C1\C[C@@H](c2nc(C)no2)N(C(=O)c2ccc(-c3ccccc3C)cc2)C1.CON=C1C[C@@H](c2nc(C)no2)N(C(=O)c2ccc(-c3ccccc3)cc2)C1. The summed E-state index contributed by atoms with van der Waals surface area (Å²) in [6.45, 7) is 10.5. The zero-order chi connectivity index (χ0) is 60.3. The summed E-state index contributed by atoms with van der Waals surface area (Å²) in [4.78, 5) is 72.4. The van der Waals surface area contributed by atoms with E-state index < -0.39 is 0 Å². The van der Waals surface area contributed by atoms with Gasteiger partial charge in [0.15, 0.2) is 17.5 Å². The quantitative estimate of drug-likeness (QED) is 0.103. The van der Waals surface area contributed by atoms with Gasteiger partial charge in [-0.25, -0.2) is 0 Å². The number of benzene rings is 6. The Labute approximate surface area is 496 Å². The molecule has 3 saturated heterocycles. The monoisotopic (exact) mass is 1160 g/mol. The molecule has 3 aliphatic rings. The molecule has 21 heteroatoms. The van der Waals surface area contributed by atoms with Crippen LogP contribution in [0.1, 0.15) is 115 Å². The normalized spacial score (nSPS) is 17.7. The lowest BCUT2D eigenvalue weighted by Crippen LogP contribution is -2.31. The highest BCUT2D eigenvalue weighted by molar-refractivity contribution is 6.02. The van der Waals surface area contributed by atoms with Crippen LogP contribution in [0.5, 0.6) is 0 Å². The molecule has 3 fully saturated rings. The van der Waals surface area contributed by atoms with Gasteiger partial charge in [0.05, 0.1) is 36.8 Å². The van der Waals surface area contributed by atoms with Crippen molar-refractivity contribution in [2.75, 3.05) is 41.0 Å². The first-order valence-corrected chi connectivity index (χ1v) is 27.9. The molecule has 0 radical (unpaired) electrons. The zero-order valence-electron chi connectivity index (χ0n) is 48.9. The molecule has 12 rings (SSSR count). The summed E-state index contributed by atoms with van der Waals surface area (Å²) < 4.78 is 16.0. The molecule has 3 aliphatic heterocycles. The van der Waals surface area contributed by atoms with E-state index in [2.05, 4.69) is 84.0 Å². The van der Waals surface area contributed by atoms with Crippen LogP contribution >= 0.6 is 0 Å². The fourth-order valence-electron chi connectivity index (χ4n) is 10.7. The maximum absolute atomic E-state index is 13.2. The molecule has 0 spiro atoms. The van der Waals surface area contributed by atoms with Crippen molar-refractivity contribution < 1.29 is 42.5 Å². The summed E-state index contributed by atoms with van der Waals surface area (Å²) >= 11 is 0. The van der Waals surface area contributed by atoms with Crippen molar-refractivity contribution in [3.8, 4) is 33.4 Å². The van der Waals surface area contributed by atoms with E-state index in [0.717, 1.165) is 50.5 Å². The van der Waals surface area contributed by atoms with Gasteiger partial charge >= 0.3 is 0 Å². The molecular formula is C65H64N12O9. The summed E-state index contributed by atoms with van der Waals surface area (Å²) in [5.74, 6) is 2.51. The van der Waals surface area contributed by atoms with Gasteiger partial charge in [0.1, 0.15) is 39.5 Å². The van der Waals surface area contributed by atoms with Crippen LogP contribution in [0.15, 0.2) is 181 Å². The van der Waals surface area contributed by atoms with Gasteiger partial charge in [0, 0.05) is 36.0 Å². The van der Waals surface area contributed by atoms with Crippen LogP contribution in [0.25, 0.3) is 33.4 Å². The van der Waals surface area contributed by atoms with Gasteiger partial charge in [-0.05, 0) is 116 Å². The molecule has 0 N–H and O–H groups in total. The maximum Gasteiger partial charge on any atom is 0.254 e. The third kappa shape index (κ3) is 13.5. The number of hydrogen-bond donors (Lipinski definition) is 0. The van der Waals surface area contributed by atoms with Crippen molar-refractivity contribution in [3.05, 3.63) is 215 Å². The molecule has 3 aromatic heterocycles. The second kappa shape index (κ2) is 26.9. The van der Waals surface area contributed by atoms with Gasteiger partial charge in [-0.15, -0.1) is 0 Å². The first-order valence-electron chi connectivity index (χ1n) is 27.9. The average Bonchev–Trinajstić information content (AvgIpc) is 2.56. The fourth-order valence-corrected chi connectivity index (χ4v) is 10.7. The molecule has 6 aromatic carbocycles.